The Kier molecular flexibility index (Phi) is 10.4. The van der Waals surface area contributed by atoms with E-state index in [1.54, 1.807) is 0 Å². The minimum atomic E-state index is -1.43. The number of hydrogen-bond donors (Lipinski definition) is 5. The van der Waals surface area contributed by atoms with Crippen molar-refractivity contribution in [3.05, 3.63) is 0 Å². The zero-order valence-corrected chi connectivity index (χ0v) is 17.9. The second kappa shape index (κ2) is 12.0. The van der Waals surface area contributed by atoms with Gasteiger partial charge in [0.15, 0.2) is 0 Å². The number of aliphatic hydroxyl groups excluding tert-OH is 1. The van der Waals surface area contributed by atoms with Crippen molar-refractivity contribution in [3.8, 4) is 0 Å². The van der Waals surface area contributed by atoms with E-state index in [1.807, 2.05) is 20.1 Å². The van der Waals surface area contributed by atoms with Crippen molar-refractivity contribution in [2.24, 2.45) is 11.7 Å². The van der Waals surface area contributed by atoms with Crippen LogP contribution in [0.25, 0.3) is 0 Å². The SMILES string of the molecule is CSCCC(NC(=O)C(N)C(C)C)C(=O)N1CCCC1C(=O)NC(CO)C(=O)O. The van der Waals surface area contributed by atoms with Crippen LogP contribution < -0.4 is 16.4 Å². The molecule has 0 saturated carbocycles. The van der Waals surface area contributed by atoms with Gasteiger partial charge in [-0.1, -0.05) is 13.8 Å². The molecule has 166 valence electrons. The van der Waals surface area contributed by atoms with Crippen LogP contribution in [-0.2, 0) is 19.2 Å². The third-order valence-corrected chi connectivity index (χ3v) is 5.53. The molecule has 10 nitrogen and oxygen atoms in total. The van der Waals surface area contributed by atoms with Crippen LogP contribution >= 0.6 is 11.8 Å². The molecule has 1 heterocycles. The molecule has 4 unspecified atom stereocenters. The molecule has 11 heteroatoms. The number of carboxylic acid groups (broad SMARTS) is 1. The summed E-state index contributed by atoms with van der Waals surface area (Å²) >= 11 is 1.53. The average Bonchev–Trinajstić information content (AvgIpc) is 3.17. The number of carbonyl (C=O) groups excluding carboxylic acids is 3. The highest BCUT2D eigenvalue weighted by Crippen LogP contribution is 2.20. The summed E-state index contributed by atoms with van der Waals surface area (Å²) < 4.78 is 0. The Morgan fingerprint density at radius 3 is 2.38 bits per heavy atom. The van der Waals surface area contributed by atoms with Crippen molar-refractivity contribution in [3.63, 3.8) is 0 Å². The van der Waals surface area contributed by atoms with Crippen molar-refractivity contribution in [2.45, 2.75) is 57.3 Å². The quantitative estimate of drug-likeness (QED) is 0.271. The fraction of sp³-hybridized carbons (Fsp3) is 0.778. The molecular weight excluding hydrogens is 400 g/mol. The third kappa shape index (κ3) is 7.16. The number of carbonyl (C=O) groups is 4. The Hall–Kier alpha value is -1.85. The number of nitrogens with two attached hydrogens (primary N) is 1. The number of hydrogen-bond acceptors (Lipinski definition) is 7. The molecular formula is C18H32N4O6S. The zero-order valence-electron chi connectivity index (χ0n) is 17.1. The average molecular weight is 433 g/mol. The Morgan fingerprint density at radius 2 is 1.86 bits per heavy atom. The van der Waals surface area contributed by atoms with Crippen LogP contribution in [0.5, 0.6) is 0 Å². The normalized spacial score (nSPS) is 19.5. The first kappa shape index (κ1) is 25.2. The van der Waals surface area contributed by atoms with E-state index in [2.05, 4.69) is 10.6 Å². The van der Waals surface area contributed by atoms with E-state index in [-0.39, 0.29) is 5.92 Å². The van der Waals surface area contributed by atoms with Gasteiger partial charge in [0, 0.05) is 6.54 Å². The lowest BCUT2D eigenvalue weighted by Crippen LogP contribution is -2.57. The van der Waals surface area contributed by atoms with Crippen LogP contribution in [0.2, 0.25) is 0 Å². The number of nitrogens with one attached hydrogen (secondary N) is 2. The number of carboxylic acids is 1. The van der Waals surface area contributed by atoms with Crippen molar-refractivity contribution in [2.75, 3.05) is 25.2 Å². The molecule has 0 aromatic heterocycles. The van der Waals surface area contributed by atoms with Gasteiger partial charge in [0.25, 0.3) is 0 Å². The summed E-state index contributed by atoms with van der Waals surface area (Å²) in [5.74, 6) is -2.27. The third-order valence-electron chi connectivity index (χ3n) is 4.88. The van der Waals surface area contributed by atoms with Crippen LogP contribution in [0.15, 0.2) is 0 Å². The molecule has 1 aliphatic heterocycles. The number of rotatable bonds is 11. The maximum Gasteiger partial charge on any atom is 0.328 e. The summed E-state index contributed by atoms with van der Waals surface area (Å²) in [4.78, 5) is 50.4. The lowest BCUT2D eigenvalue weighted by atomic mass is 10.0. The van der Waals surface area contributed by atoms with E-state index in [0.717, 1.165) is 0 Å². The van der Waals surface area contributed by atoms with Crippen molar-refractivity contribution < 1.29 is 29.4 Å². The summed E-state index contributed by atoms with van der Waals surface area (Å²) in [7, 11) is 0. The van der Waals surface area contributed by atoms with E-state index in [4.69, 9.17) is 15.9 Å². The van der Waals surface area contributed by atoms with Crippen LogP contribution in [0, 0.1) is 5.92 Å². The van der Waals surface area contributed by atoms with Gasteiger partial charge < -0.3 is 31.5 Å². The fourth-order valence-corrected chi connectivity index (χ4v) is 3.49. The van der Waals surface area contributed by atoms with Gasteiger partial charge in [-0.3, -0.25) is 14.4 Å². The maximum atomic E-state index is 13.1. The predicted molar refractivity (Wildman–Crippen MR) is 109 cm³/mol. The molecule has 29 heavy (non-hydrogen) atoms. The first-order valence-electron chi connectivity index (χ1n) is 9.63. The molecule has 0 aromatic carbocycles. The Balaban J connectivity index is 2.91. The largest absolute Gasteiger partial charge is 0.480 e. The van der Waals surface area contributed by atoms with E-state index < -0.39 is 54.5 Å². The Labute approximate surface area is 174 Å². The second-order valence-electron chi connectivity index (χ2n) is 7.38. The molecule has 0 aromatic rings. The number of nitrogens with zero attached hydrogens (tertiary/aromatic N) is 1. The van der Waals surface area contributed by atoms with E-state index in [1.165, 1.54) is 16.7 Å². The minimum absolute atomic E-state index is 0.0944. The van der Waals surface area contributed by atoms with Gasteiger partial charge >= 0.3 is 5.97 Å². The van der Waals surface area contributed by atoms with E-state index in [0.29, 0.717) is 31.6 Å². The summed E-state index contributed by atoms with van der Waals surface area (Å²) in [6.07, 6.45) is 3.23. The van der Waals surface area contributed by atoms with Gasteiger partial charge in [-0.05, 0) is 37.2 Å². The van der Waals surface area contributed by atoms with Crippen molar-refractivity contribution >= 4 is 35.5 Å². The first-order valence-corrected chi connectivity index (χ1v) is 11.0. The standard InChI is InChI=1S/C18H32N4O6S/c1-10(2)14(19)16(25)20-11(6-8-29-3)17(26)22-7-4-5-13(22)15(24)21-12(9-23)18(27)28/h10-14,23H,4-9,19H2,1-3H3,(H,20,25)(H,21,24)(H,27,28). The molecule has 1 fully saturated rings. The molecule has 1 aliphatic rings. The molecule has 4 atom stereocenters. The lowest BCUT2D eigenvalue weighted by Gasteiger charge is -2.30. The predicted octanol–water partition coefficient (Wildman–Crippen LogP) is -1.24. The summed E-state index contributed by atoms with van der Waals surface area (Å²) in [6.45, 7) is 3.20. The molecule has 6 N–H and O–H groups in total. The van der Waals surface area contributed by atoms with Crippen LogP contribution in [0.4, 0.5) is 0 Å². The smallest absolute Gasteiger partial charge is 0.328 e. The first-order chi connectivity index (χ1) is 13.6. The molecule has 3 amide bonds. The summed E-state index contributed by atoms with van der Waals surface area (Å²) in [5.41, 5.74) is 5.88. The number of aliphatic hydroxyl groups is 1. The summed E-state index contributed by atoms with van der Waals surface area (Å²) in [6, 6.07) is -3.85. The Bertz CT molecular complexity index is 603. The summed E-state index contributed by atoms with van der Waals surface area (Å²) in [5, 5.41) is 23.1. The van der Waals surface area contributed by atoms with Gasteiger partial charge in [-0.25, -0.2) is 4.79 Å². The van der Waals surface area contributed by atoms with Gasteiger partial charge in [0.05, 0.1) is 12.6 Å². The fourth-order valence-electron chi connectivity index (χ4n) is 3.02. The number of thioether (sulfide) groups is 1. The van der Waals surface area contributed by atoms with Gasteiger partial charge in [-0.2, -0.15) is 11.8 Å². The molecule has 1 rings (SSSR count). The highest BCUT2D eigenvalue weighted by molar-refractivity contribution is 7.98. The van der Waals surface area contributed by atoms with Crippen molar-refractivity contribution in [1.82, 2.24) is 15.5 Å². The van der Waals surface area contributed by atoms with E-state index >= 15 is 0 Å². The maximum absolute atomic E-state index is 13.1. The highest BCUT2D eigenvalue weighted by atomic mass is 32.2. The zero-order chi connectivity index (χ0) is 22.1. The van der Waals surface area contributed by atoms with Gasteiger partial charge in [0.1, 0.15) is 18.1 Å². The minimum Gasteiger partial charge on any atom is -0.480 e. The highest BCUT2D eigenvalue weighted by Gasteiger charge is 2.39. The number of amides is 3. The Morgan fingerprint density at radius 1 is 1.21 bits per heavy atom. The van der Waals surface area contributed by atoms with Crippen molar-refractivity contribution in [1.29, 1.82) is 0 Å². The molecule has 0 aliphatic carbocycles. The second-order valence-corrected chi connectivity index (χ2v) is 8.37. The number of likely N-dealkylation sites (tertiary alicyclic amines) is 1. The topological polar surface area (TPSA) is 162 Å². The van der Waals surface area contributed by atoms with Gasteiger partial charge in [-0.15, -0.1) is 0 Å². The molecule has 0 radical (unpaired) electrons. The monoisotopic (exact) mass is 432 g/mol. The van der Waals surface area contributed by atoms with Crippen LogP contribution in [-0.4, -0.2) is 88.1 Å². The molecule has 0 spiro atoms. The van der Waals surface area contributed by atoms with E-state index in [9.17, 15) is 19.2 Å². The van der Waals surface area contributed by atoms with Crippen LogP contribution in [0.3, 0.4) is 0 Å². The molecule has 1 saturated heterocycles. The lowest BCUT2D eigenvalue weighted by molar-refractivity contribution is -0.145. The van der Waals surface area contributed by atoms with Crippen LogP contribution in [0.1, 0.15) is 33.1 Å². The van der Waals surface area contributed by atoms with Gasteiger partial charge in [0.2, 0.25) is 17.7 Å². The number of aliphatic carboxylic acids is 1. The molecule has 0 bridgehead atoms.